The number of fused-ring (bicyclic) bond motifs is 5. The zero-order valence-electron chi connectivity index (χ0n) is 15.1. The van der Waals surface area contributed by atoms with E-state index in [2.05, 4.69) is 38.5 Å². The summed E-state index contributed by atoms with van der Waals surface area (Å²) in [5, 5.41) is 8.16. The van der Waals surface area contributed by atoms with Crippen LogP contribution in [0.4, 0.5) is 0 Å². The number of nitrogens with one attached hydrogen (secondary N) is 1. The van der Waals surface area contributed by atoms with Crippen molar-refractivity contribution in [1.29, 1.82) is 0 Å². The second-order valence-corrected chi connectivity index (χ2v) is 7.51. The standard InChI is InChI=1S/C20H25N5O/c1-21-20(24-12-16-17(13-24)19-8-7-18(16)26-19)22-11-14-9-10-25(23-14)15-5-3-2-4-6-15/h2-6,9-10,16-19H,7-8,11-13H2,1H3,(H,21,22). The number of hydrogen-bond donors (Lipinski definition) is 1. The summed E-state index contributed by atoms with van der Waals surface area (Å²) in [7, 11) is 1.87. The number of ether oxygens (including phenoxy) is 1. The molecule has 1 aromatic carbocycles. The van der Waals surface area contributed by atoms with Gasteiger partial charge < -0.3 is 15.0 Å². The van der Waals surface area contributed by atoms with Crippen LogP contribution >= 0.6 is 0 Å². The van der Waals surface area contributed by atoms with Crippen LogP contribution in [0.1, 0.15) is 18.5 Å². The molecule has 1 aromatic heterocycles. The highest BCUT2D eigenvalue weighted by Gasteiger charge is 2.53. The van der Waals surface area contributed by atoms with Crippen molar-refractivity contribution >= 4 is 5.96 Å². The highest BCUT2D eigenvalue weighted by Crippen LogP contribution is 2.47. The lowest BCUT2D eigenvalue weighted by Gasteiger charge is -2.23. The summed E-state index contributed by atoms with van der Waals surface area (Å²) < 4.78 is 7.99. The monoisotopic (exact) mass is 351 g/mol. The van der Waals surface area contributed by atoms with Gasteiger partial charge in [0, 0.05) is 38.2 Å². The van der Waals surface area contributed by atoms with Gasteiger partial charge >= 0.3 is 0 Å². The number of likely N-dealkylation sites (tertiary alicyclic amines) is 1. The molecule has 0 amide bonds. The Morgan fingerprint density at radius 3 is 2.58 bits per heavy atom. The Kier molecular flexibility index (Phi) is 3.93. The largest absolute Gasteiger partial charge is 0.374 e. The first-order chi connectivity index (χ1) is 12.8. The maximum absolute atomic E-state index is 6.08. The molecule has 1 N–H and O–H groups in total. The quantitative estimate of drug-likeness (QED) is 0.679. The van der Waals surface area contributed by atoms with Crippen molar-refractivity contribution in [3.05, 3.63) is 48.3 Å². The molecule has 0 spiro atoms. The van der Waals surface area contributed by atoms with Crippen LogP contribution in [-0.4, -0.2) is 53.0 Å². The van der Waals surface area contributed by atoms with Crippen LogP contribution in [0.15, 0.2) is 47.6 Å². The highest BCUT2D eigenvalue weighted by molar-refractivity contribution is 5.80. The molecule has 3 saturated heterocycles. The fourth-order valence-electron chi connectivity index (χ4n) is 4.82. The van der Waals surface area contributed by atoms with Gasteiger partial charge in [-0.15, -0.1) is 0 Å². The van der Waals surface area contributed by atoms with Crippen molar-refractivity contribution in [3.63, 3.8) is 0 Å². The summed E-state index contributed by atoms with van der Waals surface area (Å²) >= 11 is 0. The van der Waals surface area contributed by atoms with E-state index >= 15 is 0 Å². The Hall–Kier alpha value is -2.34. The molecule has 4 heterocycles. The second kappa shape index (κ2) is 6.43. The van der Waals surface area contributed by atoms with Gasteiger partial charge in [0.1, 0.15) is 0 Å². The van der Waals surface area contributed by atoms with Gasteiger partial charge in [0.15, 0.2) is 5.96 Å². The fourth-order valence-corrected chi connectivity index (χ4v) is 4.82. The van der Waals surface area contributed by atoms with Crippen LogP contribution in [0.2, 0.25) is 0 Å². The fraction of sp³-hybridized carbons (Fsp3) is 0.500. The third-order valence-electron chi connectivity index (χ3n) is 6.06. The van der Waals surface area contributed by atoms with Gasteiger partial charge in [-0.1, -0.05) is 18.2 Å². The van der Waals surface area contributed by atoms with Crippen molar-refractivity contribution in [2.45, 2.75) is 31.6 Å². The van der Waals surface area contributed by atoms with E-state index in [-0.39, 0.29) is 0 Å². The van der Waals surface area contributed by atoms with Crippen molar-refractivity contribution < 1.29 is 4.74 Å². The smallest absolute Gasteiger partial charge is 0.193 e. The van der Waals surface area contributed by atoms with Crippen LogP contribution in [0.25, 0.3) is 5.69 Å². The van der Waals surface area contributed by atoms with Gasteiger partial charge in [-0.3, -0.25) is 4.99 Å². The molecule has 136 valence electrons. The number of para-hydroxylation sites is 1. The molecule has 3 aliphatic heterocycles. The minimum atomic E-state index is 0.481. The lowest BCUT2D eigenvalue weighted by Crippen LogP contribution is -2.41. The molecule has 26 heavy (non-hydrogen) atoms. The summed E-state index contributed by atoms with van der Waals surface area (Å²) in [4.78, 5) is 6.90. The highest BCUT2D eigenvalue weighted by atomic mass is 16.5. The van der Waals surface area contributed by atoms with Crippen molar-refractivity contribution in [2.75, 3.05) is 20.1 Å². The van der Waals surface area contributed by atoms with Gasteiger partial charge in [-0.25, -0.2) is 4.68 Å². The SMILES string of the molecule is CN=C(NCc1ccn(-c2ccccc2)n1)N1CC2C3CCC(O3)C2C1. The number of benzene rings is 1. The summed E-state index contributed by atoms with van der Waals surface area (Å²) in [5.41, 5.74) is 2.09. The van der Waals surface area contributed by atoms with E-state index in [0.717, 1.165) is 30.4 Å². The Labute approximate surface area is 153 Å². The molecule has 3 aliphatic rings. The first-order valence-electron chi connectivity index (χ1n) is 9.53. The third-order valence-corrected chi connectivity index (χ3v) is 6.06. The molecule has 6 heteroatoms. The van der Waals surface area contributed by atoms with E-state index < -0.39 is 0 Å². The van der Waals surface area contributed by atoms with E-state index in [1.807, 2.05) is 36.1 Å². The Bertz CT molecular complexity index is 784. The lowest BCUT2D eigenvalue weighted by atomic mass is 9.82. The molecule has 3 fully saturated rings. The molecule has 4 unspecified atom stereocenters. The van der Waals surface area contributed by atoms with Gasteiger partial charge in [0.05, 0.1) is 30.1 Å². The molecular formula is C20H25N5O. The molecular weight excluding hydrogens is 326 g/mol. The van der Waals surface area contributed by atoms with E-state index in [0.29, 0.717) is 30.6 Å². The van der Waals surface area contributed by atoms with E-state index in [4.69, 9.17) is 4.74 Å². The minimum absolute atomic E-state index is 0.481. The molecule has 6 nitrogen and oxygen atoms in total. The van der Waals surface area contributed by atoms with Gasteiger partial charge in [-0.05, 0) is 31.0 Å². The first kappa shape index (κ1) is 15.9. The van der Waals surface area contributed by atoms with Crippen molar-refractivity contribution in [1.82, 2.24) is 20.0 Å². The summed E-state index contributed by atoms with van der Waals surface area (Å²) in [6.45, 7) is 2.80. The Balaban J connectivity index is 1.22. The second-order valence-electron chi connectivity index (χ2n) is 7.51. The van der Waals surface area contributed by atoms with Crippen LogP contribution in [0, 0.1) is 11.8 Å². The average molecular weight is 351 g/mol. The average Bonchev–Trinajstić information content (AvgIpc) is 3.44. The normalized spacial score (nSPS) is 30.0. The molecule has 0 aliphatic carbocycles. The maximum Gasteiger partial charge on any atom is 0.193 e. The predicted molar refractivity (Wildman–Crippen MR) is 100 cm³/mol. The van der Waals surface area contributed by atoms with Crippen molar-refractivity contribution in [2.24, 2.45) is 16.8 Å². The molecule has 5 rings (SSSR count). The molecule has 0 radical (unpaired) electrons. The van der Waals surface area contributed by atoms with Crippen LogP contribution in [-0.2, 0) is 11.3 Å². The summed E-state index contributed by atoms with van der Waals surface area (Å²) in [6.07, 6.45) is 5.44. The first-order valence-corrected chi connectivity index (χ1v) is 9.53. The van der Waals surface area contributed by atoms with Crippen molar-refractivity contribution in [3.8, 4) is 5.69 Å². The number of guanidine groups is 1. The Morgan fingerprint density at radius 1 is 1.15 bits per heavy atom. The topological polar surface area (TPSA) is 54.7 Å². The predicted octanol–water partition coefficient (Wildman–Crippen LogP) is 2.06. The number of aliphatic imine (C=N–C) groups is 1. The molecule has 2 aromatic rings. The maximum atomic E-state index is 6.08. The number of rotatable bonds is 3. The molecule has 4 atom stereocenters. The van der Waals surface area contributed by atoms with E-state index in [1.54, 1.807) is 0 Å². The zero-order valence-corrected chi connectivity index (χ0v) is 15.1. The zero-order chi connectivity index (χ0) is 17.5. The van der Waals surface area contributed by atoms with Crippen LogP contribution in [0.5, 0.6) is 0 Å². The third kappa shape index (κ3) is 2.69. The molecule has 0 saturated carbocycles. The number of hydrogen-bond acceptors (Lipinski definition) is 3. The van der Waals surface area contributed by atoms with Crippen LogP contribution < -0.4 is 5.32 Å². The number of nitrogens with zero attached hydrogens (tertiary/aromatic N) is 4. The lowest BCUT2D eigenvalue weighted by molar-refractivity contribution is 0.0767. The summed E-state index contributed by atoms with van der Waals surface area (Å²) in [6, 6.07) is 12.2. The minimum Gasteiger partial charge on any atom is -0.374 e. The number of aromatic nitrogens is 2. The summed E-state index contributed by atoms with van der Waals surface area (Å²) in [5.74, 6) is 2.35. The molecule has 2 bridgehead atoms. The van der Waals surface area contributed by atoms with E-state index in [9.17, 15) is 0 Å². The Morgan fingerprint density at radius 2 is 1.88 bits per heavy atom. The van der Waals surface area contributed by atoms with Gasteiger partial charge in [0.2, 0.25) is 0 Å². The van der Waals surface area contributed by atoms with E-state index in [1.165, 1.54) is 12.8 Å². The van der Waals surface area contributed by atoms with Gasteiger partial charge in [0.25, 0.3) is 0 Å². The van der Waals surface area contributed by atoms with Crippen LogP contribution in [0.3, 0.4) is 0 Å². The van der Waals surface area contributed by atoms with Gasteiger partial charge in [-0.2, -0.15) is 5.10 Å².